The Morgan fingerprint density at radius 1 is 1.47 bits per heavy atom. The average molecular weight is 204 g/mol. The van der Waals surface area contributed by atoms with Gasteiger partial charge in [-0.1, -0.05) is 13.3 Å². The molecule has 0 bridgehead atoms. The van der Waals surface area contributed by atoms with Gasteiger partial charge in [-0.3, -0.25) is 4.98 Å². The Balaban J connectivity index is 2.35. The summed E-state index contributed by atoms with van der Waals surface area (Å²) in [6, 6.07) is 2.28. The molecule has 1 aliphatic heterocycles. The number of hydrogen-bond acceptors (Lipinski definition) is 2. The van der Waals surface area contributed by atoms with Crippen molar-refractivity contribution in [1.82, 2.24) is 4.98 Å². The number of pyridine rings is 1. The first kappa shape index (κ1) is 10.5. The summed E-state index contributed by atoms with van der Waals surface area (Å²) in [5, 5.41) is 0. The second kappa shape index (κ2) is 4.21. The van der Waals surface area contributed by atoms with Crippen molar-refractivity contribution in [2.45, 2.75) is 33.6 Å². The van der Waals surface area contributed by atoms with Crippen LogP contribution in [0, 0.1) is 12.8 Å². The first-order valence-electron chi connectivity index (χ1n) is 5.95. The first-order valence-corrected chi connectivity index (χ1v) is 5.95. The molecule has 1 unspecified atom stereocenters. The van der Waals surface area contributed by atoms with E-state index in [1.807, 2.05) is 6.20 Å². The third-order valence-electron chi connectivity index (χ3n) is 3.34. The minimum atomic E-state index is 0.785. The van der Waals surface area contributed by atoms with Crippen LogP contribution in [0.3, 0.4) is 0 Å². The number of hydrogen-bond donors (Lipinski definition) is 0. The van der Waals surface area contributed by atoms with Crippen molar-refractivity contribution in [2.75, 3.05) is 18.0 Å². The van der Waals surface area contributed by atoms with Gasteiger partial charge in [-0.05, 0) is 37.8 Å². The molecular formula is C13H20N2. The van der Waals surface area contributed by atoms with Crippen molar-refractivity contribution in [3.63, 3.8) is 0 Å². The van der Waals surface area contributed by atoms with Crippen LogP contribution in [0.2, 0.25) is 0 Å². The van der Waals surface area contributed by atoms with Crippen LogP contribution < -0.4 is 4.90 Å². The topological polar surface area (TPSA) is 16.1 Å². The van der Waals surface area contributed by atoms with E-state index in [0.717, 1.165) is 18.9 Å². The van der Waals surface area contributed by atoms with Crippen LogP contribution in [0.15, 0.2) is 12.3 Å². The second-order valence-electron chi connectivity index (χ2n) is 4.50. The molecule has 1 aromatic rings. The average Bonchev–Trinajstić information content (AvgIpc) is 2.27. The van der Waals surface area contributed by atoms with Gasteiger partial charge in [0.15, 0.2) is 0 Å². The minimum Gasteiger partial charge on any atom is -0.370 e. The molecular weight excluding hydrogens is 184 g/mol. The molecule has 0 saturated heterocycles. The van der Waals surface area contributed by atoms with E-state index in [9.17, 15) is 0 Å². The molecule has 2 heteroatoms. The molecule has 2 heterocycles. The Kier molecular flexibility index (Phi) is 2.94. The Morgan fingerprint density at radius 2 is 2.27 bits per heavy atom. The van der Waals surface area contributed by atoms with Gasteiger partial charge in [0.05, 0.1) is 11.4 Å². The highest BCUT2D eigenvalue weighted by molar-refractivity contribution is 5.54. The smallest absolute Gasteiger partial charge is 0.0640 e. The quantitative estimate of drug-likeness (QED) is 0.736. The van der Waals surface area contributed by atoms with Crippen molar-refractivity contribution in [2.24, 2.45) is 5.92 Å². The minimum absolute atomic E-state index is 0.785. The number of aryl methyl sites for hydroxylation is 1. The van der Waals surface area contributed by atoms with Gasteiger partial charge in [-0.25, -0.2) is 0 Å². The van der Waals surface area contributed by atoms with Gasteiger partial charge >= 0.3 is 0 Å². The number of nitrogens with zero attached hydrogens (tertiary/aromatic N) is 2. The van der Waals surface area contributed by atoms with E-state index in [1.165, 1.54) is 29.9 Å². The van der Waals surface area contributed by atoms with E-state index in [4.69, 9.17) is 0 Å². The van der Waals surface area contributed by atoms with Crippen molar-refractivity contribution in [3.8, 4) is 0 Å². The summed E-state index contributed by atoms with van der Waals surface area (Å²) in [5.41, 5.74) is 3.92. The standard InChI is InChI=1S/C13H20N2/c1-4-11-7-12-13(15(5-2)9-11)6-10(3)8-14-12/h6,8,11H,4-5,7,9H2,1-3H3. The highest BCUT2D eigenvalue weighted by Crippen LogP contribution is 2.29. The fourth-order valence-corrected chi connectivity index (χ4v) is 2.33. The zero-order valence-corrected chi connectivity index (χ0v) is 9.95. The predicted molar refractivity (Wildman–Crippen MR) is 64.3 cm³/mol. The zero-order chi connectivity index (χ0) is 10.8. The third kappa shape index (κ3) is 1.99. The largest absolute Gasteiger partial charge is 0.370 e. The van der Waals surface area contributed by atoms with E-state index < -0.39 is 0 Å². The molecule has 1 atom stereocenters. The number of fused-ring (bicyclic) bond motifs is 1. The SMILES string of the molecule is CCC1Cc2ncc(C)cc2N(CC)C1. The van der Waals surface area contributed by atoms with Gasteiger partial charge in [-0.2, -0.15) is 0 Å². The highest BCUT2D eigenvalue weighted by atomic mass is 15.1. The molecule has 2 nitrogen and oxygen atoms in total. The summed E-state index contributed by atoms with van der Waals surface area (Å²) >= 11 is 0. The van der Waals surface area contributed by atoms with Gasteiger partial charge in [-0.15, -0.1) is 0 Å². The van der Waals surface area contributed by atoms with Crippen molar-refractivity contribution in [1.29, 1.82) is 0 Å². The molecule has 0 fully saturated rings. The molecule has 0 saturated carbocycles. The van der Waals surface area contributed by atoms with E-state index >= 15 is 0 Å². The lowest BCUT2D eigenvalue weighted by Crippen LogP contribution is -2.35. The molecule has 0 amide bonds. The maximum atomic E-state index is 4.57. The third-order valence-corrected chi connectivity index (χ3v) is 3.34. The molecule has 1 aromatic heterocycles. The van der Waals surface area contributed by atoms with E-state index in [1.54, 1.807) is 0 Å². The summed E-state index contributed by atoms with van der Waals surface area (Å²) in [6.07, 6.45) is 4.40. The Hall–Kier alpha value is -1.05. The van der Waals surface area contributed by atoms with Crippen molar-refractivity contribution < 1.29 is 0 Å². The molecule has 0 aromatic carbocycles. The van der Waals surface area contributed by atoms with Crippen LogP contribution in [0.25, 0.3) is 0 Å². The van der Waals surface area contributed by atoms with E-state index in [2.05, 4.69) is 36.7 Å². The van der Waals surface area contributed by atoms with E-state index in [-0.39, 0.29) is 0 Å². The molecule has 0 N–H and O–H groups in total. The molecule has 2 rings (SSSR count). The van der Waals surface area contributed by atoms with Crippen LogP contribution in [-0.4, -0.2) is 18.1 Å². The maximum Gasteiger partial charge on any atom is 0.0640 e. The number of anilines is 1. The van der Waals surface area contributed by atoms with Crippen LogP contribution in [-0.2, 0) is 6.42 Å². The number of aromatic nitrogens is 1. The van der Waals surface area contributed by atoms with Crippen LogP contribution in [0.5, 0.6) is 0 Å². The molecule has 0 aliphatic carbocycles. The molecule has 15 heavy (non-hydrogen) atoms. The Labute approximate surface area is 92.3 Å². The highest BCUT2D eigenvalue weighted by Gasteiger charge is 2.23. The fraction of sp³-hybridized carbons (Fsp3) is 0.615. The van der Waals surface area contributed by atoms with Gasteiger partial charge in [0, 0.05) is 19.3 Å². The normalized spacial score (nSPS) is 20.2. The van der Waals surface area contributed by atoms with Gasteiger partial charge in [0.1, 0.15) is 0 Å². The van der Waals surface area contributed by atoms with Gasteiger partial charge in [0.2, 0.25) is 0 Å². The summed E-state index contributed by atoms with van der Waals surface area (Å²) < 4.78 is 0. The molecule has 82 valence electrons. The molecule has 0 spiro atoms. The first-order chi connectivity index (χ1) is 7.24. The summed E-state index contributed by atoms with van der Waals surface area (Å²) in [4.78, 5) is 7.04. The lowest BCUT2D eigenvalue weighted by Gasteiger charge is -2.34. The lowest BCUT2D eigenvalue weighted by molar-refractivity contribution is 0.472. The summed E-state index contributed by atoms with van der Waals surface area (Å²) in [5.74, 6) is 0.785. The van der Waals surface area contributed by atoms with Crippen LogP contribution in [0.4, 0.5) is 5.69 Å². The fourth-order valence-electron chi connectivity index (χ4n) is 2.33. The predicted octanol–water partition coefficient (Wildman–Crippen LogP) is 2.80. The van der Waals surface area contributed by atoms with Crippen LogP contribution >= 0.6 is 0 Å². The van der Waals surface area contributed by atoms with Gasteiger partial charge < -0.3 is 4.90 Å². The Bertz CT molecular complexity index is 346. The Morgan fingerprint density at radius 3 is 2.93 bits per heavy atom. The maximum absolute atomic E-state index is 4.57. The molecule has 1 aliphatic rings. The number of rotatable bonds is 2. The van der Waals surface area contributed by atoms with Gasteiger partial charge in [0.25, 0.3) is 0 Å². The summed E-state index contributed by atoms with van der Waals surface area (Å²) in [6.45, 7) is 8.91. The van der Waals surface area contributed by atoms with Crippen molar-refractivity contribution >= 4 is 5.69 Å². The van der Waals surface area contributed by atoms with Crippen LogP contribution in [0.1, 0.15) is 31.5 Å². The van der Waals surface area contributed by atoms with E-state index in [0.29, 0.717) is 0 Å². The summed E-state index contributed by atoms with van der Waals surface area (Å²) in [7, 11) is 0. The zero-order valence-electron chi connectivity index (χ0n) is 9.95. The monoisotopic (exact) mass is 204 g/mol. The molecule has 0 radical (unpaired) electrons. The second-order valence-corrected chi connectivity index (χ2v) is 4.50. The van der Waals surface area contributed by atoms with Crippen molar-refractivity contribution in [3.05, 3.63) is 23.5 Å². The lowest BCUT2D eigenvalue weighted by atomic mass is 9.93.